The highest BCUT2D eigenvalue weighted by Crippen LogP contribution is 2.68. The van der Waals surface area contributed by atoms with E-state index in [1.54, 1.807) is 0 Å². The zero-order valence-electron chi connectivity index (χ0n) is 28.4. The Hall–Kier alpha value is -0.330. The molecule has 4 aliphatic rings. The first-order chi connectivity index (χ1) is 20.3. The third kappa shape index (κ3) is 8.77. The molecule has 0 aromatic carbocycles. The molecule has 260 valence electrons. The Morgan fingerprint density at radius 1 is 0.909 bits per heavy atom. The van der Waals surface area contributed by atoms with Crippen molar-refractivity contribution in [3.05, 3.63) is 0 Å². The summed E-state index contributed by atoms with van der Waals surface area (Å²) in [6, 6.07) is 0.573. The summed E-state index contributed by atoms with van der Waals surface area (Å²) in [4.78, 5) is 0. The van der Waals surface area contributed by atoms with Gasteiger partial charge in [-0.05, 0) is 162 Å². The predicted molar refractivity (Wildman–Crippen MR) is 177 cm³/mol. The fourth-order valence-corrected chi connectivity index (χ4v) is 11.3. The van der Waals surface area contributed by atoms with E-state index >= 15 is 0 Å². The maximum Gasteiger partial charge on any atom is 0.397 e. The lowest BCUT2D eigenvalue weighted by molar-refractivity contribution is -0.167. The van der Waals surface area contributed by atoms with Crippen LogP contribution >= 0.6 is 0 Å². The molecule has 4 fully saturated rings. The molecule has 0 radical (unpaired) electrons. The normalized spacial score (nSPS) is 38.3. The van der Waals surface area contributed by atoms with Gasteiger partial charge in [-0.3, -0.25) is 4.55 Å². The molecule has 44 heavy (non-hydrogen) atoms. The van der Waals surface area contributed by atoms with E-state index in [9.17, 15) is 18.1 Å². The van der Waals surface area contributed by atoms with Crippen LogP contribution in [0.25, 0.3) is 0 Å². The van der Waals surface area contributed by atoms with Crippen LogP contribution in [-0.2, 0) is 14.6 Å². The Labute approximate surface area is 268 Å². The molecular weight excluding hydrogens is 578 g/mol. The van der Waals surface area contributed by atoms with Gasteiger partial charge < -0.3 is 26.9 Å². The molecule has 0 aromatic rings. The van der Waals surface area contributed by atoms with E-state index in [4.69, 9.17) is 9.92 Å². The zero-order chi connectivity index (χ0) is 31.4. The molecule has 0 amide bonds. The lowest BCUT2D eigenvalue weighted by atomic mass is 9.43. The average Bonchev–Trinajstić information content (AvgIpc) is 3.29. The zero-order valence-corrected chi connectivity index (χ0v) is 29.2. The molecule has 11 atom stereocenters. The number of aliphatic hydroxyl groups is 1. The average molecular weight is 646 g/mol. The molecule has 0 bridgehead atoms. The molecule has 10 heteroatoms. The van der Waals surface area contributed by atoms with E-state index in [1.807, 2.05) is 13.8 Å². The molecule has 4 aliphatic carbocycles. The summed E-state index contributed by atoms with van der Waals surface area (Å²) >= 11 is 0. The molecule has 0 saturated heterocycles. The van der Waals surface area contributed by atoms with Gasteiger partial charge in [0, 0.05) is 6.04 Å². The standard InChI is InChI=1S/C34H65N3O5S.H2O/c1-23(2)31(42-43(39,40)41)12-9-24(3)27-10-11-28-32-29(14-16-34(27,28)5)33(4)15-13-26(21-25(33)22-30(32)38)37-20-8-19-36-18-7-6-17-35;/h23-32,36-38H,6-22,35H2,1-5H3,(H,39,40,41);1H2/t24-,25-,26+,27-,28+,29+,30-,31-,32+,33+,34-;/m1./s1. The van der Waals surface area contributed by atoms with Crippen molar-refractivity contribution < 1.29 is 27.7 Å². The van der Waals surface area contributed by atoms with E-state index in [-0.39, 0.29) is 22.9 Å². The summed E-state index contributed by atoms with van der Waals surface area (Å²) in [5.74, 6) is 3.21. The summed E-state index contributed by atoms with van der Waals surface area (Å²) in [6.45, 7) is 15.3. The Balaban J connectivity index is 0.00000529. The molecule has 4 rings (SSSR count). The van der Waals surface area contributed by atoms with Gasteiger partial charge in [0.2, 0.25) is 0 Å². The third-order valence-corrected chi connectivity index (χ3v) is 13.6. The number of aliphatic hydroxyl groups excluding tert-OH is 1. The summed E-state index contributed by atoms with van der Waals surface area (Å²) < 4.78 is 37.1. The maximum atomic E-state index is 11.8. The van der Waals surface area contributed by atoms with Crippen LogP contribution in [0, 0.1) is 52.3 Å². The Bertz CT molecular complexity index is 984. The van der Waals surface area contributed by atoms with Crippen molar-refractivity contribution in [2.45, 2.75) is 136 Å². The highest BCUT2D eigenvalue weighted by molar-refractivity contribution is 7.80. The van der Waals surface area contributed by atoms with Crippen LogP contribution in [0.4, 0.5) is 0 Å². The molecule has 0 heterocycles. The SMILES string of the molecule is CC(C)[C@@H](CC[C@@H](C)[C@H]1CC[C@H]2[C@@H]3[C@H](O)C[C@H]4C[C@@H](NCCCNCCCCN)CC[C@]4(C)[C@H]3CC[C@]12C)OS(=O)(=O)O.O. The van der Waals surface area contributed by atoms with Crippen molar-refractivity contribution in [1.82, 2.24) is 10.6 Å². The number of fused-ring (bicyclic) bond motifs is 5. The Kier molecular flexibility index (Phi) is 14.0. The summed E-state index contributed by atoms with van der Waals surface area (Å²) in [5.41, 5.74) is 6.13. The van der Waals surface area contributed by atoms with Crippen molar-refractivity contribution in [3.8, 4) is 0 Å². The highest BCUT2D eigenvalue weighted by atomic mass is 32.3. The largest absolute Gasteiger partial charge is 0.412 e. The monoisotopic (exact) mass is 645 g/mol. The Morgan fingerprint density at radius 3 is 2.27 bits per heavy atom. The second kappa shape index (κ2) is 16.2. The topological polar surface area (TPSA) is 165 Å². The third-order valence-electron chi connectivity index (χ3n) is 13.1. The molecule has 8 N–H and O–H groups in total. The van der Waals surface area contributed by atoms with Gasteiger partial charge in [0.25, 0.3) is 0 Å². The molecular formula is C34H67N3O6S. The number of hydrogen-bond acceptors (Lipinski definition) is 7. The lowest BCUT2D eigenvalue weighted by Crippen LogP contribution is -2.59. The fraction of sp³-hybridized carbons (Fsp3) is 1.00. The number of unbranched alkanes of at least 4 members (excludes halogenated alkanes) is 1. The van der Waals surface area contributed by atoms with Crippen LogP contribution in [-0.4, -0.2) is 68.0 Å². The van der Waals surface area contributed by atoms with E-state index in [0.29, 0.717) is 53.4 Å². The van der Waals surface area contributed by atoms with E-state index in [1.165, 1.54) is 44.9 Å². The van der Waals surface area contributed by atoms with Crippen LogP contribution in [0.15, 0.2) is 0 Å². The Morgan fingerprint density at radius 2 is 1.59 bits per heavy atom. The predicted octanol–water partition coefficient (Wildman–Crippen LogP) is 4.73. The van der Waals surface area contributed by atoms with Gasteiger partial charge >= 0.3 is 10.4 Å². The van der Waals surface area contributed by atoms with Gasteiger partial charge in [0.05, 0.1) is 12.2 Å². The van der Waals surface area contributed by atoms with Gasteiger partial charge in [-0.15, -0.1) is 0 Å². The van der Waals surface area contributed by atoms with Crippen molar-refractivity contribution in [2.75, 3.05) is 26.2 Å². The minimum atomic E-state index is -4.45. The van der Waals surface area contributed by atoms with Gasteiger partial charge in [0.1, 0.15) is 0 Å². The van der Waals surface area contributed by atoms with Crippen LogP contribution < -0.4 is 16.4 Å². The van der Waals surface area contributed by atoms with Gasteiger partial charge in [-0.2, -0.15) is 8.42 Å². The number of nitrogens with two attached hydrogens (primary N) is 1. The molecule has 4 saturated carbocycles. The summed E-state index contributed by atoms with van der Waals surface area (Å²) in [5, 5.41) is 19.2. The van der Waals surface area contributed by atoms with E-state index < -0.39 is 16.5 Å². The molecule has 0 aromatic heterocycles. The smallest absolute Gasteiger partial charge is 0.397 e. The second-order valence-corrected chi connectivity index (χ2v) is 17.0. The molecule has 0 aliphatic heterocycles. The fourth-order valence-electron chi connectivity index (χ4n) is 10.7. The van der Waals surface area contributed by atoms with E-state index in [2.05, 4.69) is 31.4 Å². The van der Waals surface area contributed by atoms with Gasteiger partial charge in [-0.25, -0.2) is 4.18 Å². The van der Waals surface area contributed by atoms with Crippen molar-refractivity contribution >= 4 is 10.4 Å². The van der Waals surface area contributed by atoms with Crippen LogP contribution in [0.3, 0.4) is 0 Å². The first-order valence-electron chi connectivity index (χ1n) is 17.8. The minimum Gasteiger partial charge on any atom is -0.412 e. The van der Waals surface area contributed by atoms with Crippen LogP contribution in [0.2, 0.25) is 0 Å². The molecule has 0 unspecified atom stereocenters. The van der Waals surface area contributed by atoms with Gasteiger partial charge in [-0.1, -0.05) is 34.6 Å². The number of nitrogens with one attached hydrogen (secondary N) is 2. The number of hydrogen-bond donors (Lipinski definition) is 5. The van der Waals surface area contributed by atoms with Crippen molar-refractivity contribution in [1.29, 1.82) is 0 Å². The maximum absolute atomic E-state index is 11.8. The van der Waals surface area contributed by atoms with E-state index in [0.717, 1.165) is 58.3 Å². The van der Waals surface area contributed by atoms with Crippen molar-refractivity contribution in [3.63, 3.8) is 0 Å². The minimum absolute atomic E-state index is 0. The lowest BCUT2D eigenvalue weighted by Gasteiger charge is -2.62. The first-order valence-corrected chi connectivity index (χ1v) is 19.1. The summed E-state index contributed by atoms with van der Waals surface area (Å²) in [6.07, 6.45) is 13.7. The van der Waals surface area contributed by atoms with Crippen LogP contribution in [0.5, 0.6) is 0 Å². The quantitative estimate of drug-likeness (QED) is 0.119. The number of rotatable bonds is 16. The highest BCUT2D eigenvalue weighted by Gasteiger charge is 2.62. The second-order valence-electron chi connectivity index (χ2n) is 15.9. The first kappa shape index (κ1) is 38.1. The van der Waals surface area contributed by atoms with Gasteiger partial charge in [0.15, 0.2) is 0 Å². The summed E-state index contributed by atoms with van der Waals surface area (Å²) in [7, 11) is -4.45. The molecule has 0 spiro atoms. The van der Waals surface area contributed by atoms with Crippen molar-refractivity contribution in [2.24, 2.45) is 58.0 Å². The molecule has 9 nitrogen and oxygen atoms in total. The van der Waals surface area contributed by atoms with Crippen LogP contribution in [0.1, 0.15) is 118 Å².